The zero-order valence-electron chi connectivity index (χ0n) is 26.1. The summed E-state index contributed by atoms with van der Waals surface area (Å²) in [6.07, 6.45) is 1.24. The molecule has 0 fully saturated rings. The van der Waals surface area contributed by atoms with E-state index < -0.39 is 17.8 Å². The van der Waals surface area contributed by atoms with Gasteiger partial charge in [-0.1, -0.05) is 32.0 Å². The van der Waals surface area contributed by atoms with Crippen LogP contribution in [-0.4, -0.2) is 37.0 Å². The third kappa shape index (κ3) is 5.82. The van der Waals surface area contributed by atoms with Crippen LogP contribution in [0.5, 0.6) is 0 Å². The van der Waals surface area contributed by atoms with E-state index >= 15 is 0 Å². The van der Waals surface area contributed by atoms with E-state index in [9.17, 15) is 23.6 Å². The van der Waals surface area contributed by atoms with E-state index in [0.717, 1.165) is 9.31 Å². The van der Waals surface area contributed by atoms with Gasteiger partial charge >= 0.3 is 0 Å². The van der Waals surface area contributed by atoms with Gasteiger partial charge in [0.2, 0.25) is 5.95 Å². The summed E-state index contributed by atoms with van der Waals surface area (Å²) in [6, 6.07) is 14.7. The van der Waals surface area contributed by atoms with Gasteiger partial charge in [-0.2, -0.15) is 9.13 Å². The lowest BCUT2D eigenvalue weighted by atomic mass is 10.1. The highest BCUT2D eigenvalue weighted by atomic mass is 19.1. The minimum absolute atomic E-state index is 0.0791. The number of hydrogen-bond acceptors (Lipinski definition) is 7. The molecular weight excluding hydrogens is 593 g/mol. The molecule has 1 aliphatic heterocycles. The Labute approximate surface area is 263 Å². The number of anilines is 3. The molecule has 0 unspecified atom stereocenters. The predicted molar refractivity (Wildman–Crippen MR) is 170 cm³/mol. The standard InChI is InChI=1S/C31H26FN7O5.C2H6/c1-16-12-22-23(14-39(30(22)42)21-10-8-18(9-11-21)24-17(2)44-38(4)31(24)43)25(34-16)29(41)35-20-7-5-6-19(13-20)28(40)36-27-26(32)37(3)15-33-27;1-2/h5-13,15H,14H2,1-4H3,(H,35,41)(H,36,40);1-2H3. The molecule has 2 N–H and O–H groups in total. The number of halogens is 1. The molecule has 0 radical (unpaired) electrons. The van der Waals surface area contributed by atoms with Crippen molar-refractivity contribution in [2.75, 3.05) is 15.5 Å². The van der Waals surface area contributed by atoms with E-state index in [0.29, 0.717) is 45.1 Å². The number of carbonyl (C=O) groups excluding carboxylic acids is 3. The number of pyridine rings is 1. The second kappa shape index (κ2) is 12.6. The van der Waals surface area contributed by atoms with Crippen molar-refractivity contribution in [1.29, 1.82) is 0 Å². The number of amides is 3. The monoisotopic (exact) mass is 625 g/mol. The Morgan fingerprint density at radius 3 is 2.30 bits per heavy atom. The normalized spacial score (nSPS) is 12.0. The lowest BCUT2D eigenvalue weighted by molar-refractivity contribution is 0.0994. The molecule has 2 aromatic carbocycles. The maximum Gasteiger partial charge on any atom is 0.290 e. The molecule has 0 aliphatic carbocycles. The summed E-state index contributed by atoms with van der Waals surface area (Å²) in [4.78, 5) is 61.9. The number of benzene rings is 2. The fourth-order valence-electron chi connectivity index (χ4n) is 5.16. The maximum absolute atomic E-state index is 14.1. The van der Waals surface area contributed by atoms with Crippen LogP contribution in [-0.2, 0) is 20.6 Å². The van der Waals surface area contributed by atoms with Gasteiger partial charge in [0.1, 0.15) is 11.5 Å². The van der Waals surface area contributed by atoms with Gasteiger partial charge in [-0.05, 0) is 55.8 Å². The van der Waals surface area contributed by atoms with Crippen molar-refractivity contribution < 1.29 is 23.3 Å². The molecule has 0 saturated carbocycles. The average molecular weight is 626 g/mol. The molecular formula is C33H32FN7O5. The average Bonchev–Trinajstić information content (AvgIpc) is 3.64. The minimum atomic E-state index is -0.694. The number of aryl methyl sites for hydroxylation is 4. The third-order valence-electron chi connectivity index (χ3n) is 7.33. The van der Waals surface area contributed by atoms with Crippen LogP contribution in [0.15, 0.2) is 70.2 Å². The van der Waals surface area contributed by atoms with Crippen molar-refractivity contribution in [3.8, 4) is 11.1 Å². The first-order chi connectivity index (χ1) is 22.0. The molecule has 0 saturated heterocycles. The van der Waals surface area contributed by atoms with Gasteiger partial charge in [0.15, 0.2) is 5.82 Å². The molecule has 236 valence electrons. The van der Waals surface area contributed by atoms with Crippen molar-refractivity contribution in [2.45, 2.75) is 34.2 Å². The van der Waals surface area contributed by atoms with Crippen molar-refractivity contribution in [3.05, 3.63) is 111 Å². The molecule has 13 heteroatoms. The second-order valence-corrected chi connectivity index (χ2v) is 10.4. The van der Waals surface area contributed by atoms with Crippen LogP contribution in [0.1, 0.15) is 62.1 Å². The molecule has 1 aliphatic rings. The highest BCUT2D eigenvalue weighted by molar-refractivity contribution is 6.14. The van der Waals surface area contributed by atoms with Crippen LogP contribution in [0.2, 0.25) is 0 Å². The number of hydrogen-bond donors (Lipinski definition) is 2. The molecule has 3 amide bonds. The highest BCUT2D eigenvalue weighted by Gasteiger charge is 2.33. The van der Waals surface area contributed by atoms with Gasteiger partial charge in [0, 0.05) is 47.9 Å². The second-order valence-electron chi connectivity index (χ2n) is 10.4. The number of nitrogens with one attached hydrogen (secondary N) is 2. The van der Waals surface area contributed by atoms with Crippen molar-refractivity contribution in [2.24, 2.45) is 14.1 Å². The van der Waals surface area contributed by atoms with Crippen LogP contribution in [0.3, 0.4) is 0 Å². The number of imidazole rings is 1. The molecule has 4 heterocycles. The fourth-order valence-corrected chi connectivity index (χ4v) is 5.16. The molecule has 3 aromatic heterocycles. The molecule has 6 rings (SSSR count). The zero-order valence-corrected chi connectivity index (χ0v) is 26.1. The first-order valence-electron chi connectivity index (χ1n) is 14.5. The summed E-state index contributed by atoms with van der Waals surface area (Å²) in [7, 11) is 3.00. The lowest BCUT2D eigenvalue weighted by Crippen LogP contribution is -2.23. The summed E-state index contributed by atoms with van der Waals surface area (Å²) in [6.45, 7) is 7.51. The summed E-state index contributed by atoms with van der Waals surface area (Å²) >= 11 is 0. The molecule has 46 heavy (non-hydrogen) atoms. The van der Waals surface area contributed by atoms with Crippen molar-refractivity contribution in [1.82, 2.24) is 19.3 Å². The molecule has 0 bridgehead atoms. The largest absolute Gasteiger partial charge is 0.381 e. The molecule has 5 aromatic rings. The van der Waals surface area contributed by atoms with Gasteiger partial charge in [0.25, 0.3) is 23.3 Å². The number of carbonyl (C=O) groups is 3. The third-order valence-corrected chi connectivity index (χ3v) is 7.33. The van der Waals surface area contributed by atoms with Crippen molar-refractivity contribution >= 4 is 34.9 Å². The van der Waals surface area contributed by atoms with E-state index in [1.165, 1.54) is 37.5 Å². The number of nitrogens with zero attached hydrogens (tertiary/aromatic N) is 5. The molecule has 0 atom stereocenters. The fraction of sp³-hybridized carbons (Fsp3) is 0.212. The number of fused-ring (bicyclic) bond motifs is 1. The molecule has 0 spiro atoms. The zero-order chi connectivity index (χ0) is 33.3. The topological polar surface area (TPSA) is 144 Å². The summed E-state index contributed by atoms with van der Waals surface area (Å²) in [5.41, 5.74) is 3.28. The number of aromatic nitrogens is 4. The van der Waals surface area contributed by atoms with E-state index in [1.54, 1.807) is 56.3 Å². The summed E-state index contributed by atoms with van der Waals surface area (Å²) < 4.78 is 21.8. The summed E-state index contributed by atoms with van der Waals surface area (Å²) in [5.74, 6) is -1.88. The maximum atomic E-state index is 14.1. The smallest absolute Gasteiger partial charge is 0.290 e. The predicted octanol–water partition coefficient (Wildman–Crippen LogP) is 5.22. The van der Waals surface area contributed by atoms with Crippen LogP contribution in [0, 0.1) is 19.8 Å². The number of rotatable bonds is 6. The Balaban J connectivity index is 0.00000204. The van der Waals surface area contributed by atoms with Crippen LogP contribution >= 0.6 is 0 Å². The van der Waals surface area contributed by atoms with E-state index in [4.69, 9.17) is 4.52 Å². The van der Waals surface area contributed by atoms with Gasteiger partial charge in [-0.15, -0.1) is 0 Å². The SMILES string of the molecule is CC.Cc1cc2c(c(C(=O)Nc3cccc(C(=O)Nc4ncn(C)c4F)c3)n1)CN(c1ccc(-c3c(C)on(C)c3=O)cc1)C2=O. The Morgan fingerprint density at radius 2 is 1.67 bits per heavy atom. The van der Waals surface area contributed by atoms with E-state index in [-0.39, 0.29) is 35.1 Å². The lowest BCUT2D eigenvalue weighted by Gasteiger charge is -2.16. The first kappa shape index (κ1) is 31.6. The van der Waals surface area contributed by atoms with Gasteiger partial charge in [0.05, 0.1) is 18.4 Å². The molecule has 12 nitrogen and oxygen atoms in total. The highest BCUT2D eigenvalue weighted by Crippen LogP contribution is 2.32. The Hall–Kier alpha value is -5.85. The quantitative estimate of drug-likeness (QED) is 0.263. The van der Waals surface area contributed by atoms with Crippen LogP contribution < -0.4 is 21.1 Å². The van der Waals surface area contributed by atoms with Crippen LogP contribution in [0.4, 0.5) is 21.6 Å². The first-order valence-corrected chi connectivity index (χ1v) is 14.5. The Kier molecular flexibility index (Phi) is 8.67. The Bertz CT molecular complexity index is 2040. The van der Waals surface area contributed by atoms with Crippen LogP contribution in [0.25, 0.3) is 11.1 Å². The Morgan fingerprint density at radius 1 is 0.957 bits per heavy atom. The van der Waals surface area contributed by atoms with Gasteiger partial charge < -0.3 is 24.6 Å². The van der Waals surface area contributed by atoms with E-state index in [2.05, 4.69) is 20.6 Å². The van der Waals surface area contributed by atoms with Crippen molar-refractivity contribution in [3.63, 3.8) is 0 Å². The summed E-state index contributed by atoms with van der Waals surface area (Å²) in [5, 5.41) is 5.16. The van der Waals surface area contributed by atoms with E-state index in [1.807, 2.05) is 13.8 Å². The minimum Gasteiger partial charge on any atom is -0.381 e. The van der Waals surface area contributed by atoms with Gasteiger partial charge in [-0.25, -0.2) is 9.97 Å². The van der Waals surface area contributed by atoms with Gasteiger partial charge in [-0.3, -0.25) is 19.2 Å².